The van der Waals surface area contributed by atoms with Gasteiger partial charge < -0.3 is 0 Å². The molecule has 4 rings (SSSR count). The number of benzene rings is 2. The van der Waals surface area contributed by atoms with Crippen LogP contribution in [0.15, 0.2) is 42.5 Å². The molecule has 0 aromatic heterocycles. The van der Waals surface area contributed by atoms with E-state index in [1.807, 2.05) is 12.1 Å². The SMILES string of the molecule is O=C1c2c(ccc(Cl)c2Cl)C2CN(Cc3ccccc3)CC12. The van der Waals surface area contributed by atoms with E-state index in [4.69, 9.17) is 23.2 Å². The lowest BCUT2D eigenvalue weighted by molar-refractivity contribution is 0.0931. The van der Waals surface area contributed by atoms with E-state index in [-0.39, 0.29) is 17.6 Å². The Bertz CT molecular complexity index is 744. The summed E-state index contributed by atoms with van der Waals surface area (Å²) in [5, 5.41) is 0.892. The maximum absolute atomic E-state index is 12.7. The zero-order valence-electron chi connectivity index (χ0n) is 11.9. The number of carbonyl (C=O) groups excluding carboxylic acids is 1. The molecule has 0 amide bonds. The molecule has 1 aliphatic heterocycles. The van der Waals surface area contributed by atoms with Gasteiger partial charge in [-0.15, -0.1) is 0 Å². The van der Waals surface area contributed by atoms with Gasteiger partial charge in [0, 0.05) is 37.0 Å². The van der Waals surface area contributed by atoms with Gasteiger partial charge >= 0.3 is 0 Å². The van der Waals surface area contributed by atoms with Crippen LogP contribution in [0.5, 0.6) is 0 Å². The minimum atomic E-state index is 0.0229. The topological polar surface area (TPSA) is 20.3 Å². The van der Waals surface area contributed by atoms with Crippen molar-refractivity contribution < 1.29 is 4.79 Å². The van der Waals surface area contributed by atoms with Crippen molar-refractivity contribution in [3.63, 3.8) is 0 Å². The van der Waals surface area contributed by atoms with Gasteiger partial charge in [0.05, 0.1) is 10.0 Å². The van der Waals surface area contributed by atoms with E-state index in [1.54, 1.807) is 6.07 Å². The number of likely N-dealkylation sites (tertiary alicyclic amines) is 1. The molecule has 2 aliphatic rings. The number of carbonyl (C=O) groups is 1. The molecule has 1 aliphatic carbocycles. The Balaban J connectivity index is 1.61. The summed E-state index contributed by atoms with van der Waals surface area (Å²) in [6.45, 7) is 2.58. The van der Waals surface area contributed by atoms with Crippen molar-refractivity contribution in [1.82, 2.24) is 4.90 Å². The summed E-state index contributed by atoms with van der Waals surface area (Å²) in [7, 11) is 0. The van der Waals surface area contributed by atoms with Crippen molar-refractivity contribution in [3.05, 3.63) is 69.2 Å². The second-order valence-corrected chi connectivity index (χ2v) is 6.87. The first-order valence-electron chi connectivity index (χ1n) is 7.43. The van der Waals surface area contributed by atoms with E-state index in [0.717, 1.165) is 25.2 Å². The number of Topliss-reactive ketones (excluding diaryl/α,β-unsaturated/α-hetero) is 1. The molecule has 22 heavy (non-hydrogen) atoms. The monoisotopic (exact) mass is 331 g/mol. The van der Waals surface area contributed by atoms with Gasteiger partial charge in [-0.05, 0) is 17.2 Å². The third-order valence-corrected chi connectivity index (χ3v) is 5.56. The molecule has 1 saturated heterocycles. The maximum Gasteiger partial charge on any atom is 0.169 e. The number of rotatable bonds is 2. The number of nitrogens with zero attached hydrogens (tertiary/aromatic N) is 1. The van der Waals surface area contributed by atoms with Crippen LogP contribution in [0.2, 0.25) is 10.0 Å². The fourth-order valence-corrected chi connectivity index (χ4v) is 4.17. The van der Waals surface area contributed by atoms with Crippen LogP contribution in [0, 0.1) is 5.92 Å². The molecule has 2 aromatic carbocycles. The van der Waals surface area contributed by atoms with Gasteiger partial charge in [-0.2, -0.15) is 0 Å². The first-order chi connectivity index (χ1) is 10.6. The second-order valence-electron chi connectivity index (χ2n) is 6.08. The van der Waals surface area contributed by atoms with E-state index in [2.05, 4.69) is 29.2 Å². The van der Waals surface area contributed by atoms with Crippen LogP contribution in [-0.4, -0.2) is 23.8 Å². The van der Waals surface area contributed by atoms with Gasteiger partial charge in [0.25, 0.3) is 0 Å². The minimum Gasteiger partial charge on any atom is -0.298 e. The maximum atomic E-state index is 12.7. The lowest BCUT2D eigenvalue weighted by atomic mass is 9.96. The summed E-state index contributed by atoms with van der Waals surface area (Å²) in [5.74, 6) is 0.429. The van der Waals surface area contributed by atoms with Gasteiger partial charge in [-0.25, -0.2) is 0 Å². The zero-order valence-corrected chi connectivity index (χ0v) is 13.4. The molecule has 0 radical (unpaired) electrons. The first-order valence-corrected chi connectivity index (χ1v) is 8.19. The molecule has 0 N–H and O–H groups in total. The highest BCUT2D eigenvalue weighted by Crippen LogP contribution is 2.47. The van der Waals surface area contributed by atoms with E-state index in [1.165, 1.54) is 5.56 Å². The number of fused-ring (bicyclic) bond motifs is 3. The summed E-state index contributed by atoms with van der Waals surface area (Å²) in [5.41, 5.74) is 3.01. The fraction of sp³-hybridized carbons (Fsp3) is 0.278. The van der Waals surface area contributed by atoms with Gasteiger partial charge in [0.15, 0.2) is 5.78 Å². The van der Waals surface area contributed by atoms with Gasteiger partial charge in [-0.1, -0.05) is 59.6 Å². The van der Waals surface area contributed by atoms with E-state index in [0.29, 0.717) is 15.6 Å². The van der Waals surface area contributed by atoms with E-state index in [9.17, 15) is 4.79 Å². The van der Waals surface area contributed by atoms with Crippen molar-refractivity contribution in [2.75, 3.05) is 13.1 Å². The molecule has 4 heteroatoms. The number of ketones is 1. The smallest absolute Gasteiger partial charge is 0.169 e. The Kier molecular flexibility index (Phi) is 3.48. The second kappa shape index (κ2) is 5.38. The molecule has 0 spiro atoms. The zero-order chi connectivity index (χ0) is 15.3. The van der Waals surface area contributed by atoms with Crippen molar-refractivity contribution >= 4 is 29.0 Å². The lowest BCUT2D eigenvalue weighted by Gasteiger charge is -2.17. The van der Waals surface area contributed by atoms with Crippen LogP contribution in [0.4, 0.5) is 0 Å². The summed E-state index contributed by atoms with van der Waals surface area (Å²) >= 11 is 12.3. The molecule has 0 saturated carbocycles. The Labute approximate surface area is 139 Å². The van der Waals surface area contributed by atoms with Crippen LogP contribution in [0.1, 0.15) is 27.4 Å². The van der Waals surface area contributed by atoms with Crippen molar-refractivity contribution in [2.45, 2.75) is 12.5 Å². The highest BCUT2D eigenvalue weighted by Gasteiger charge is 2.46. The van der Waals surface area contributed by atoms with Crippen molar-refractivity contribution in [3.8, 4) is 0 Å². The van der Waals surface area contributed by atoms with Gasteiger partial charge in [0.2, 0.25) is 0 Å². The Morgan fingerprint density at radius 1 is 1.00 bits per heavy atom. The highest BCUT2D eigenvalue weighted by molar-refractivity contribution is 6.44. The first kappa shape index (κ1) is 14.3. The fourth-order valence-electron chi connectivity index (χ4n) is 3.75. The molecule has 0 bridgehead atoms. The normalized spacial score (nSPS) is 23.6. The molecule has 2 nitrogen and oxygen atoms in total. The molecule has 2 aromatic rings. The quantitative estimate of drug-likeness (QED) is 0.812. The molecule has 2 unspecified atom stereocenters. The molecule has 2 atom stereocenters. The molecular weight excluding hydrogens is 317 g/mol. The summed E-state index contributed by atoms with van der Waals surface area (Å²) in [4.78, 5) is 15.0. The molecular formula is C18H15Cl2NO. The highest BCUT2D eigenvalue weighted by atomic mass is 35.5. The Morgan fingerprint density at radius 2 is 1.73 bits per heavy atom. The minimum absolute atomic E-state index is 0.0229. The van der Waals surface area contributed by atoms with E-state index >= 15 is 0 Å². The van der Waals surface area contributed by atoms with Crippen LogP contribution in [0.3, 0.4) is 0 Å². The summed E-state index contributed by atoms with van der Waals surface area (Å²) in [6, 6.07) is 14.1. The van der Waals surface area contributed by atoms with Crippen LogP contribution >= 0.6 is 23.2 Å². The van der Waals surface area contributed by atoms with Crippen molar-refractivity contribution in [1.29, 1.82) is 0 Å². The summed E-state index contributed by atoms with van der Waals surface area (Å²) < 4.78 is 0. The third-order valence-electron chi connectivity index (χ3n) is 4.75. The van der Waals surface area contributed by atoms with Gasteiger partial charge in [-0.3, -0.25) is 9.69 Å². The largest absolute Gasteiger partial charge is 0.298 e. The van der Waals surface area contributed by atoms with Gasteiger partial charge in [0.1, 0.15) is 0 Å². The number of hydrogen-bond donors (Lipinski definition) is 0. The van der Waals surface area contributed by atoms with Crippen LogP contribution in [0.25, 0.3) is 0 Å². The average Bonchev–Trinajstić information content (AvgIpc) is 3.03. The van der Waals surface area contributed by atoms with Crippen LogP contribution in [-0.2, 0) is 6.54 Å². The van der Waals surface area contributed by atoms with Crippen molar-refractivity contribution in [2.24, 2.45) is 5.92 Å². The predicted octanol–water partition coefficient (Wildman–Crippen LogP) is 4.41. The van der Waals surface area contributed by atoms with E-state index < -0.39 is 0 Å². The Morgan fingerprint density at radius 3 is 2.50 bits per heavy atom. The third kappa shape index (κ3) is 2.18. The van der Waals surface area contributed by atoms with Crippen LogP contribution < -0.4 is 0 Å². The average molecular weight is 332 g/mol. The predicted molar refractivity (Wildman–Crippen MR) is 88.7 cm³/mol. The summed E-state index contributed by atoms with van der Waals surface area (Å²) in [6.07, 6.45) is 0. The molecule has 112 valence electrons. The number of hydrogen-bond acceptors (Lipinski definition) is 2. The molecule has 1 fully saturated rings. The number of halogens is 2. The molecule has 1 heterocycles. The standard InChI is InChI=1S/C18H15Cl2NO/c19-15-7-6-12-13-9-21(8-11-4-2-1-3-5-11)10-14(13)18(22)16(12)17(15)20/h1-7,13-14H,8-10H2. The Hall–Kier alpha value is -1.35. The lowest BCUT2D eigenvalue weighted by Crippen LogP contribution is -2.23.